The third kappa shape index (κ3) is 15.8. The maximum Gasteiger partial charge on any atom is 0.207 e. The lowest BCUT2D eigenvalue weighted by Gasteiger charge is -2.14. The topological polar surface area (TPSA) is 58.6 Å². The molecule has 0 spiro atoms. The van der Waals surface area contributed by atoms with Crippen LogP contribution in [0.25, 0.3) is 0 Å². The Kier molecular flexibility index (Phi) is 10.6. The van der Waals surface area contributed by atoms with Crippen molar-refractivity contribution in [2.45, 2.75) is 26.4 Å². The van der Waals surface area contributed by atoms with Crippen molar-refractivity contribution in [3.63, 3.8) is 0 Å². The number of hydrogen-bond acceptors (Lipinski definition) is 3. The lowest BCUT2D eigenvalue weighted by Crippen LogP contribution is -2.15. The normalized spacial score (nSPS) is 11.5. The molecule has 0 rings (SSSR count). The van der Waals surface area contributed by atoms with Crippen LogP contribution in [0.15, 0.2) is 11.9 Å². The number of nitrogens with one attached hydrogen (secondary N) is 1. The van der Waals surface area contributed by atoms with E-state index in [1.165, 1.54) is 0 Å². The first-order valence-corrected chi connectivity index (χ1v) is 4.52. The Bertz CT molecular complexity index is 188. The van der Waals surface area contributed by atoms with Crippen LogP contribution in [0.4, 0.5) is 4.39 Å². The molecule has 1 amide bonds. The molecule has 15 heavy (non-hydrogen) atoms. The van der Waals surface area contributed by atoms with Crippen LogP contribution >= 0.6 is 0 Å². The molecule has 0 aromatic heterocycles. The average molecular weight is 221 g/mol. The molecule has 0 saturated heterocycles. The summed E-state index contributed by atoms with van der Waals surface area (Å²) in [6.45, 7) is 5.76. The Morgan fingerprint density at radius 3 is 2.20 bits per heavy atom. The molecule has 0 aromatic rings. The molecule has 0 atom stereocenters. The van der Waals surface area contributed by atoms with Crippen molar-refractivity contribution >= 4 is 6.41 Å². The molecule has 5 heteroatoms. The van der Waals surface area contributed by atoms with Gasteiger partial charge < -0.3 is 15.2 Å². The monoisotopic (exact) mass is 221 g/mol. The summed E-state index contributed by atoms with van der Waals surface area (Å²) in [5.41, 5.74) is 0.196. The van der Waals surface area contributed by atoms with Gasteiger partial charge in [-0.25, -0.2) is 4.39 Å². The summed E-state index contributed by atoms with van der Waals surface area (Å²) in [6, 6.07) is 0. The highest BCUT2D eigenvalue weighted by atomic mass is 19.1. The Labute approximate surface area is 90.1 Å². The molecule has 0 unspecified atom stereocenters. The summed E-state index contributed by atoms with van der Waals surface area (Å²) in [6.07, 6.45) is 0.718. The first kappa shape index (κ1) is 16.5. The summed E-state index contributed by atoms with van der Waals surface area (Å²) in [5.74, 6) is 0. The van der Waals surface area contributed by atoms with Crippen molar-refractivity contribution < 1.29 is 19.0 Å². The minimum atomic E-state index is -0.364. The minimum absolute atomic E-state index is 0.0417. The van der Waals surface area contributed by atoms with Crippen molar-refractivity contribution in [3.05, 3.63) is 11.9 Å². The lowest BCUT2D eigenvalue weighted by molar-refractivity contribution is -0.109. The number of halogens is 1. The van der Waals surface area contributed by atoms with E-state index in [1.807, 2.05) is 20.8 Å². The van der Waals surface area contributed by atoms with Gasteiger partial charge in [0.25, 0.3) is 0 Å². The average Bonchev–Trinajstić information content (AvgIpc) is 2.19. The van der Waals surface area contributed by atoms with Gasteiger partial charge in [0.05, 0.1) is 18.5 Å². The zero-order chi connectivity index (χ0) is 12.3. The molecule has 0 aliphatic heterocycles. The number of methoxy groups -OCH3 is 1. The van der Waals surface area contributed by atoms with Crippen molar-refractivity contribution in [1.29, 1.82) is 0 Å². The number of carbonyl (C=O) groups is 1. The van der Waals surface area contributed by atoms with E-state index in [1.54, 1.807) is 7.11 Å². The fraction of sp³-hybridized carbons (Fsp3) is 0.700. The molecule has 4 nitrogen and oxygen atoms in total. The number of hydrogen-bond donors (Lipinski definition) is 2. The molecule has 0 heterocycles. The molecule has 0 aliphatic rings. The van der Waals surface area contributed by atoms with Crippen LogP contribution in [0.3, 0.4) is 0 Å². The number of rotatable bonds is 4. The van der Waals surface area contributed by atoms with E-state index in [-0.39, 0.29) is 30.7 Å². The molecule has 0 saturated carbocycles. The van der Waals surface area contributed by atoms with E-state index >= 15 is 0 Å². The van der Waals surface area contributed by atoms with Crippen molar-refractivity contribution in [2.75, 3.05) is 20.3 Å². The second-order valence-electron chi connectivity index (χ2n) is 3.74. The predicted octanol–water partition coefficient (Wildman–Crippen LogP) is 1.01. The van der Waals surface area contributed by atoms with E-state index in [0.717, 1.165) is 0 Å². The van der Waals surface area contributed by atoms with Crippen LogP contribution in [0.1, 0.15) is 20.8 Å². The predicted molar refractivity (Wildman–Crippen MR) is 57.1 cm³/mol. The van der Waals surface area contributed by atoms with Gasteiger partial charge in [0.1, 0.15) is 0 Å². The van der Waals surface area contributed by atoms with E-state index in [9.17, 15) is 9.18 Å². The fourth-order valence-electron chi connectivity index (χ4n) is 0.302. The third-order valence-electron chi connectivity index (χ3n) is 1.38. The van der Waals surface area contributed by atoms with Gasteiger partial charge in [-0.2, -0.15) is 0 Å². The molecular weight excluding hydrogens is 201 g/mol. The number of amides is 1. The van der Waals surface area contributed by atoms with Crippen LogP contribution in [-0.4, -0.2) is 37.4 Å². The molecule has 2 N–H and O–H groups in total. The number of carbonyl (C=O) groups excluding carboxylic acids is 1. The maximum atomic E-state index is 11.5. The number of aliphatic hydroxyl groups excluding tert-OH is 1. The zero-order valence-electron chi connectivity index (χ0n) is 9.71. The molecule has 0 aliphatic carbocycles. The molecule has 0 radical (unpaired) electrons. The first-order valence-electron chi connectivity index (χ1n) is 4.52. The van der Waals surface area contributed by atoms with E-state index < -0.39 is 0 Å². The highest BCUT2D eigenvalue weighted by Crippen LogP contribution is 2.02. The Morgan fingerprint density at radius 1 is 1.53 bits per heavy atom. The van der Waals surface area contributed by atoms with Crippen LogP contribution in [0.2, 0.25) is 0 Å². The van der Waals surface area contributed by atoms with E-state index in [2.05, 4.69) is 5.32 Å². The summed E-state index contributed by atoms with van der Waals surface area (Å²) in [7, 11) is 1.71. The molecular formula is C10H20FNO3. The number of ether oxygens (including phenoxy) is 1. The van der Waals surface area contributed by atoms with E-state index in [0.29, 0.717) is 6.41 Å². The second kappa shape index (κ2) is 9.61. The summed E-state index contributed by atoms with van der Waals surface area (Å²) in [4.78, 5) is 9.60. The smallest absolute Gasteiger partial charge is 0.207 e. The Hall–Kier alpha value is -0.940. The van der Waals surface area contributed by atoms with Gasteiger partial charge in [-0.1, -0.05) is 0 Å². The van der Waals surface area contributed by atoms with Gasteiger partial charge in [-0.15, -0.1) is 0 Å². The molecule has 90 valence electrons. The standard InChI is InChI=1S/C5H8FNO2.C5H12O/c6-1-5(3-8)2-7-4-9;1-5(2,3)6-4/h1,4,8H,2-3H2,(H,7,9);1-4H3/b5-1+;. The molecule has 0 bridgehead atoms. The van der Waals surface area contributed by atoms with Crippen LogP contribution < -0.4 is 5.32 Å². The summed E-state index contributed by atoms with van der Waals surface area (Å²) < 4.78 is 16.4. The molecule has 0 aromatic carbocycles. The van der Waals surface area contributed by atoms with Crippen LogP contribution in [0.5, 0.6) is 0 Å². The Morgan fingerprint density at radius 2 is 2.00 bits per heavy atom. The van der Waals surface area contributed by atoms with Crippen molar-refractivity contribution in [2.24, 2.45) is 0 Å². The van der Waals surface area contributed by atoms with E-state index in [4.69, 9.17) is 9.84 Å². The van der Waals surface area contributed by atoms with Gasteiger partial charge in [-0.3, -0.25) is 4.79 Å². The van der Waals surface area contributed by atoms with Gasteiger partial charge >= 0.3 is 0 Å². The van der Waals surface area contributed by atoms with Crippen LogP contribution in [0, 0.1) is 0 Å². The largest absolute Gasteiger partial charge is 0.392 e. The summed E-state index contributed by atoms with van der Waals surface area (Å²) >= 11 is 0. The van der Waals surface area contributed by atoms with Gasteiger partial charge in [0.2, 0.25) is 6.41 Å². The maximum absolute atomic E-state index is 11.5. The highest BCUT2D eigenvalue weighted by Gasteiger charge is 2.04. The van der Waals surface area contributed by atoms with Gasteiger partial charge in [0, 0.05) is 19.2 Å². The fourth-order valence-corrected chi connectivity index (χ4v) is 0.302. The zero-order valence-corrected chi connectivity index (χ0v) is 9.71. The van der Waals surface area contributed by atoms with Crippen LogP contribution in [-0.2, 0) is 9.53 Å². The minimum Gasteiger partial charge on any atom is -0.392 e. The van der Waals surface area contributed by atoms with Crippen molar-refractivity contribution in [1.82, 2.24) is 5.32 Å². The van der Waals surface area contributed by atoms with Crippen molar-refractivity contribution in [3.8, 4) is 0 Å². The van der Waals surface area contributed by atoms with Gasteiger partial charge in [0.15, 0.2) is 0 Å². The SMILES string of the molecule is COC(C)(C)C.O=CNC/C(=C\F)CO. The first-order chi connectivity index (χ1) is 6.91. The second-order valence-corrected chi connectivity index (χ2v) is 3.74. The highest BCUT2D eigenvalue weighted by molar-refractivity contribution is 5.46. The number of aliphatic hydroxyl groups is 1. The lowest BCUT2D eigenvalue weighted by atomic mass is 10.2. The summed E-state index contributed by atoms with van der Waals surface area (Å²) in [5, 5.41) is 10.5. The third-order valence-corrected chi connectivity index (χ3v) is 1.38. The quantitative estimate of drug-likeness (QED) is 0.696. The Balaban J connectivity index is 0. The molecule has 0 fully saturated rings. The van der Waals surface area contributed by atoms with Gasteiger partial charge in [-0.05, 0) is 20.8 Å².